The molecule has 0 aliphatic heterocycles. The summed E-state index contributed by atoms with van der Waals surface area (Å²) >= 11 is 0. The first kappa shape index (κ1) is 18.6. The number of rotatable bonds is 6. The van der Waals surface area contributed by atoms with Gasteiger partial charge in [0.2, 0.25) is 0 Å². The molecule has 4 aromatic carbocycles. The highest BCUT2D eigenvalue weighted by atomic mass is 14.7. The van der Waals surface area contributed by atoms with Gasteiger partial charge in [-0.25, -0.2) is 0 Å². The maximum absolute atomic E-state index is 4.51. The van der Waals surface area contributed by atoms with E-state index in [1.807, 2.05) is 48.8 Å². The summed E-state index contributed by atoms with van der Waals surface area (Å²) in [5.41, 5.74) is 6.73. The maximum atomic E-state index is 4.51. The molecule has 0 aromatic heterocycles. The van der Waals surface area contributed by atoms with E-state index in [2.05, 4.69) is 82.8 Å². The number of benzene rings is 4. The van der Waals surface area contributed by atoms with Gasteiger partial charge in [-0.2, -0.15) is 0 Å². The third kappa shape index (κ3) is 5.14. The van der Waals surface area contributed by atoms with Crippen molar-refractivity contribution in [2.75, 3.05) is 0 Å². The zero-order valence-corrected chi connectivity index (χ0v) is 16.1. The van der Waals surface area contributed by atoms with Gasteiger partial charge in [0.05, 0.1) is 11.4 Å². The van der Waals surface area contributed by atoms with Gasteiger partial charge in [-0.05, 0) is 46.5 Å². The van der Waals surface area contributed by atoms with Crippen molar-refractivity contribution >= 4 is 23.8 Å². The Bertz CT molecular complexity index is 988. The first-order valence-corrected chi connectivity index (χ1v) is 9.74. The summed E-state index contributed by atoms with van der Waals surface area (Å²) < 4.78 is 0. The molecule has 4 rings (SSSR count). The molecule has 0 amide bonds. The predicted octanol–water partition coefficient (Wildman–Crippen LogP) is 7.52. The second-order valence-corrected chi connectivity index (χ2v) is 6.68. The van der Waals surface area contributed by atoms with Crippen LogP contribution in [0, 0.1) is 0 Å². The minimum Gasteiger partial charge on any atom is -0.261 e. The Hall–Kier alpha value is -3.78. The lowest BCUT2D eigenvalue weighted by atomic mass is 10.1. The number of nitrogens with zero attached hydrogens (tertiary/aromatic N) is 2. The highest BCUT2D eigenvalue weighted by molar-refractivity contribution is 5.82. The van der Waals surface area contributed by atoms with Gasteiger partial charge in [-0.1, -0.05) is 84.9 Å². The molecule has 0 N–H and O–H groups in total. The van der Waals surface area contributed by atoms with Crippen LogP contribution in [0.5, 0.6) is 0 Å². The Morgan fingerprint density at radius 3 is 1.14 bits per heavy atom. The van der Waals surface area contributed by atoms with Gasteiger partial charge in [-0.15, -0.1) is 0 Å². The van der Waals surface area contributed by atoms with Crippen molar-refractivity contribution in [3.05, 3.63) is 109 Å². The highest BCUT2D eigenvalue weighted by Crippen LogP contribution is 2.23. The molecule has 0 aliphatic carbocycles. The van der Waals surface area contributed by atoms with Crippen molar-refractivity contribution in [3.8, 4) is 22.3 Å². The van der Waals surface area contributed by atoms with Gasteiger partial charge in [0.25, 0.3) is 0 Å². The lowest BCUT2D eigenvalue weighted by Gasteiger charge is -2.01. The van der Waals surface area contributed by atoms with E-state index in [-0.39, 0.29) is 0 Å². The molecule has 2 heteroatoms. The number of hydrogen-bond acceptors (Lipinski definition) is 2. The van der Waals surface area contributed by atoms with Gasteiger partial charge in [0, 0.05) is 18.9 Å². The summed E-state index contributed by atoms with van der Waals surface area (Å²) in [7, 11) is 0. The Kier molecular flexibility index (Phi) is 6.04. The Labute approximate surface area is 171 Å². The van der Waals surface area contributed by atoms with Gasteiger partial charge >= 0.3 is 0 Å². The third-order valence-electron chi connectivity index (χ3n) is 4.64. The van der Waals surface area contributed by atoms with Gasteiger partial charge in [0.15, 0.2) is 0 Å². The van der Waals surface area contributed by atoms with Crippen molar-refractivity contribution < 1.29 is 0 Å². The SMILES string of the molecule is C(CC=Nc1ccc(-c2ccccc2)cc1)=Nc1ccc(-c2ccccc2)cc1. The minimum atomic E-state index is 0.695. The summed E-state index contributed by atoms with van der Waals surface area (Å²) in [5.74, 6) is 0. The fourth-order valence-corrected chi connectivity index (χ4v) is 3.10. The average Bonchev–Trinajstić information content (AvgIpc) is 2.81. The topological polar surface area (TPSA) is 24.7 Å². The van der Waals surface area contributed by atoms with Crippen LogP contribution in [0.15, 0.2) is 119 Å². The Morgan fingerprint density at radius 2 is 0.759 bits per heavy atom. The van der Waals surface area contributed by atoms with Crippen molar-refractivity contribution in [2.45, 2.75) is 6.42 Å². The molecule has 4 aromatic rings. The van der Waals surface area contributed by atoms with Crippen molar-refractivity contribution in [2.24, 2.45) is 9.98 Å². The summed E-state index contributed by atoms with van der Waals surface area (Å²) in [5, 5.41) is 0. The lowest BCUT2D eigenvalue weighted by Crippen LogP contribution is -1.79. The molecule has 2 nitrogen and oxygen atoms in total. The van der Waals surface area contributed by atoms with E-state index < -0.39 is 0 Å². The molecule has 0 atom stereocenters. The summed E-state index contributed by atoms with van der Waals surface area (Å²) in [6.07, 6.45) is 4.47. The molecular formula is C27H22N2. The smallest absolute Gasteiger partial charge is 0.0626 e. The monoisotopic (exact) mass is 374 g/mol. The van der Waals surface area contributed by atoms with E-state index in [1.165, 1.54) is 22.3 Å². The predicted molar refractivity (Wildman–Crippen MR) is 125 cm³/mol. The van der Waals surface area contributed by atoms with Gasteiger partial charge in [0.1, 0.15) is 0 Å². The van der Waals surface area contributed by atoms with Crippen LogP contribution in [0.25, 0.3) is 22.3 Å². The first-order valence-electron chi connectivity index (χ1n) is 9.74. The molecule has 0 fully saturated rings. The summed E-state index contributed by atoms with van der Waals surface area (Å²) in [6.45, 7) is 0. The summed E-state index contributed by atoms with van der Waals surface area (Å²) in [4.78, 5) is 9.02. The van der Waals surface area contributed by atoms with E-state index >= 15 is 0 Å². The van der Waals surface area contributed by atoms with E-state index in [1.54, 1.807) is 0 Å². The number of aliphatic imine (C=N–C) groups is 2. The van der Waals surface area contributed by atoms with Crippen molar-refractivity contribution in [1.82, 2.24) is 0 Å². The normalized spacial score (nSPS) is 11.3. The van der Waals surface area contributed by atoms with Gasteiger partial charge < -0.3 is 0 Å². The lowest BCUT2D eigenvalue weighted by molar-refractivity contribution is 1.47. The van der Waals surface area contributed by atoms with E-state index in [0.29, 0.717) is 6.42 Å². The fourth-order valence-electron chi connectivity index (χ4n) is 3.10. The van der Waals surface area contributed by atoms with Crippen LogP contribution in [0.1, 0.15) is 6.42 Å². The zero-order chi connectivity index (χ0) is 19.7. The third-order valence-corrected chi connectivity index (χ3v) is 4.64. The average molecular weight is 374 g/mol. The molecule has 0 bridgehead atoms. The largest absolute Gasteiger partial charge is 0.261 e. The number of hydrogen-bond donors (Lipinski definition) is 0. The van der Waals surface area contributed by atoms with Crippen LogP contribution in [0.4, 0.5) is 11.4 Å². The molecule has 0 saturated heterocycles. The van der Waals surface area contributed by atoms with Crippen molar-refractivity contribution in [1.29, 1.82) is 0 Å². The second kappa shape index (κ2) is 9.43. The zero-order valence-electron chi connectivity index (χ0n) is 16.1. The van der Waals surface area contributed by atoms with Crippen molar-refractivity contribution in [3.63, 3.8) is 0 Å². The first-order chi connectivity index (χ1) is 14.4. The summed E-state index contributed by atoms with van der Waals surface area (Å²) in [6, 6.07) is 37.3. The molecular weight excluding hydrogens is 352 g/mol. The quantitative estimate of drug-likeness (QED) is 0.312. The van der Waals surface area contributed by atoms with Gasteiger partial charge in [-0.3, -0.25) is 9.98 Å². The molecule has 0 radical (unpaired) electrons. The van der Waals surface area contributed by atoms with E-state index in [9.17, 15) is 0 Å². The molecule has 0 heterocycles. The maximum Gasteiger partial charge on any atom is 0.0626 e. The molecule has 0 saturated carbocycles. The van der Waals surface area contributed by atoms with Crippen LogP contribution in [-0.2, 0) is 0 Å². The van der Waals surface area contributed by atoms with E-state index in [0.717, 1.165) is 11.4 Å². The second-order valence-electron chi connectivity index (χ2n) is 6.68. The van der Waals surface area contributed by atoms with E-state index in [4.69, 9.17) is 0 Å². The van der Waals surface area contributed by atoms with Crippen LogP contribution in [-0.4, -0.2) is 12.4 Å². The Morgan fingerprint density at radius 1 is 0.414 bits per heavy atom. The van der Waals surface area contributed by atoms with Crippen LogP contribution in [0.2, 0.25) is 0 Å². The van der Waals surface area contributed by atoms with Crippen LogP contribution in [0.3, 0.4) is 0 Å². The molecule has 29 heavy (non-hydrogen) atoms. The molecule has 0 unspecified atom stereocenters. The molecule has 0 spiro atoms. The minimum absolute atomic E-state index is 0.695. The standard InChI is InChI=1S/C27H22N2/c1-3-8-22(9-4-1)24-12-16-26(17-13-24)28-20-7-21-29-27-18-14-25(15-19-27)23-10-5-2-6-11-23/h1-6,8-21H,7H2. The Balaban J connectivity index is 1.31. The molecule has 0 aliphatic rings. The fraction of sp³-hybridized carbons (Fsp3) is 0.0370. The van der Waals surface area contributed by atoms with Crippen LogP contribution < -0.4 is 0 Å². The molecule has 140 valence electrons. The van der Waals surface area contributed by atoms with Crippen LogP contribution >= 0.6 is 0 Å². The highest BCUT2D eigenvalue weighted by Gasteiger charge is 1.97.